The third kappa shape index (κ3) is 4.46. The third-order valence-corrected chi connectivity index (χ3v) is 5.43. The van der Waals surface area contributed by atoms with Gasteiger partial charge in [-0.3, -0.25) is 4.72 Å². The first-order chi connectivity index (χ1) is 14.2. The molecule has 3 rings (SSSR count). The number of halogens is 3. The first-order valence-corrected chi connectivity index (χ1v) is 9.87. The van der Waals surface area contributed by atoms with Gasteiger partial charge in [0.2, 0.25) is 0 Å². The third-order valence-electron chi connectivity index (χ3n) is 4.08. The fraction of sp³-hybridized carbons (Fsp3) is 0.158. The van der Waals surface area contributed by atoms with E-state index in [1.165, 1.54) is 50.6 Å². The van der Waals surface area contributed by atoms with Crippen LogP contribution < -0.4 is 14.2 Å². The van der Waals surface area contributed by atoms with Crippen molar-refractivity contribution >= 4 is 15.8 Å². The van der Waals surface area contributed by atoms with Crippen LogP contribution in [-0.2, 0) is 16.2 Å². The molecule has 0 spiro atoms. The van der Waals surface area contributed by atoms with Crippen LogP contribution in [0.2, 0.25) is 0 Å². The highest BCUT2D eigenvalue weighted by Crippen LogP contribution is 2.36. The van der Waals surface area contributed by atoms with Crippen molar-refractivity contribution in [1.29, 1.82) is 0 Å². The van der Waals surface area contributed by atoms with Crippen molar-refractivity contribution in [2.45, 2.75) is 11.1 Å². The second-order valence-corrected chi connectivity index (χ2v) is 7.64. The zero-order chi connectivity index (χ0) is 21.9. The summed E-state index contributed by atoms with van der Waals surface area (Å²) in [5.41, 5.74) is -1.17. The van der Waals surface area contributed by atoms with Gasteiger partial charge < -0.3 is 9.47 Å². The Hall–Kier alpha value is -3.34. The van der Waals surface area contributed by atoms with Gasteiger partial charge in [-0.05, 0) is 18.2 Å². The molecule has 0 saturated carbocycles. The molecule has 1 N–H and O–H groups in total. The average Bonchev–Trinajstić information content (AvgIpc) is 2.72. The number of hydrogen-bond acceptors (Lipinski definition) is 6. The maximum atomic E-state index is 13.3. The minimum Gasteiger partial charge on any atom is -0.493 e. The average molecular weight is 439 g/mol. The topological polar surface area (TPSA) is 90.4 Å². The van der Waals surface area contributed by atoms with E-state index in [0.29, 0.717) is 5.75 Å². The summed E-state index contributed by atoms with van der Waals surface area (Å²) in [6.07, 6.45) is -3.62. The van der Waals surface area contributed by atoms with E-state index in [9.17, 15) is 21.6 Å². The fourth-order valence-electron chi connectivity index (χ4n) is 2.69. The van der Waals surface area contributed by atoms with Crippen molar-refractivity contribution in [3.05, 3.63) is 60.4 Å². The molecule has 0 radical (unpaired) electrons. The number of benzene rings is 2. The molecule has 0 fully saturated rings. The molecule has 3 aromatic rings. The fourth-order valence-corrected chi connectivity index (χ4v) is 3.71. The second kappa shape index (κ2) is 8.19. The van der Waals surface area contributed by atoms with E-state index in [1.54, 1.807) is 0 Å². The van der Waals surface area contributed by atoms with Gasteiger partial charge in [0.15, 0.2) is 11.5 Å². The second-order valence-electron chi connectivity index (χ2n) is 5.95. The lowest BCUT2D eigenvalue weighted by Gasteiger charge is -2.13. The van der Waals surface area contributed by atoms with E-state index in [-0.39, 0.29) is 27.7 Å². The summed E-state index contributed by atoms with van der Waals surface area (Å²) in [4.78, 5) is 7.52. The molecule has 0 aliphatic carbocycles. The maximum Gasteiger partial charge on any atom is 0.417 e. The van der Waals surface area contributed by atoms with E-state index < -0.39 is 21.8 Å². The molecule has 0 aliphatic rings. The van der Waals surface area contributed by atoms with Gasteiger partial charge in [0.25, 0.3) is 10.0 Å². The molecule has 0 atom stereocenters. The zero-order valence-corrected chi connectivity index (χ0v) is 16.6. The van der Waals surface area contributed by atoms with Gasteiger partial charge in [-0.15, -0.1) is 0 Å². The van der Waals surface area contributed by atoms with Crippen molar-refractivity contribution in [3.8, 4) is 22.8 Å². The number of methoxy groups -OCH3 is 2. The summed E-state index contributed by atoms with van der Waals surface area (Å²) in [6.45, 7) is 0. The van der Waals surface area contributed by atoms with E-state index >= 15 is 0 Å². The molecular formula is C19H16F3N3O4S. The molecule has 7 nitrogen and oxygen atoms in total. The summed E-state index contributed by atoms with van der Waals surface area (Å²) < 4.78 is 77.6. The van der Waals surface area contributed by atoms with E-state index in [4.69, 9.17) is 9.47 Å². The molecule has 30 heavy (non-hydrogen) atoms. The number of aromatic nitrogens is 2. The Morgan fingerprint density at radius 2 is 1.63 bits per heavy atom. The monoisotopic (exact) mass is 439 g/mol. The van der Waals surface area contributed by atoms with Crippen molar-refractivity contribution in [2.24, 2.45) is 0 Å². The minimum atomic E-state index is -4.60. The Bertz CT molecular complexity index is 1170. The molecule has 1 heterocycles. The highest BCUT2D eigenvalue weighted by Gasteiger charge is 2.33. The molecule has 0 unspecified atom stereocenters. The number of nitrogens with one attached hydrogen (secondary N) is 1. The Kier molecular flexibility index (Phi) is 5.83. The van der Waals surface area contributed by atoms with Crippen LogP contribution in [0.15, 0.2) is 59.8 Å². The molecule has 0 amide bonds. The van der Waals surface area contributed by atoms with Crippen molar-refractivity contribution in [1.82, 2.24) is 9.97 Å². The number of nitrogens with zero attached hydrogens (tertiary/aromatic N) is 2. The van der Waals surface area contributed by atoms with Crippen LogP contribution in [-0.4, -0.2) is 32.6 Å². The van der Waals surface area contributed by atoms with Gasteiger partial charge in [0, 0.05) is 17.7 Å². The van der Waals surface area contributed by atoms with Crippen LogP contribution in [0, 0.1) is 0 Å². The molecule has 0 saturated heterocycles. The SMILES string of the molecule is COc1ccc(S(=O)(=O)Nc2cc(-c3ccccc3C(F)(F)F)ncn2)cc1OC. The Balaban J connectivity index is 1.97. The van der Waals surface area contributed by atoms with E-state index in [1.807, 2.05) is 0 Å². The molecule has 158 valence electrons. The summed E-state index contributed by atoms with van der Waals surface area (Å²) >= 11 is 0. The minimum absolute atomic E-state index is 0.0806. The van der Waals surface area contributed by atoms with E-state index in [2.05, 4.69) is 14.7 Å². The van der Waals surface area contributed by atoms with Crippen LogP contribution in [0.1, 0.15) is 5.56 Å². The van der Waals surface area contributed by atoms with Gasteiger partial charge >= 0.3 is 6.18 Å². The van der Waals surface area contributed by atoms with Crippen LogP contribution in [0.5, 0.6) is 11.5 Å². The summed E-state index contributed by atoms with van der Waals surface area (Å²) in [5, 5.41) is 0. The van der Waals surface area contributed by atoms with E-state index in [0.717, 1.165) is 18.5 Å². The normalized spacial score (nSPS) is 11.8. The largest absolute Gasteiger partial charge is 0.493 e. The van der Waals surface area contributed by atoms with Crippen LogP contribution in [0.25, 0.3) is 11.3 Å². The number of anilines is 1. The number of rotatable bonds is 6. The predicted octanol–water partition coefficient (Wildman–Crippen LogP) is 3.98. The first-order valence-electron chi connectivity index (χ1n) is 8.39. The Morgan fingerprint density at radius 3 is 2.30 bits per heavy atom. The molecular weight excluding hydrogens is 423 g/mol. The van der Waals surface area contributed by atoms with Gasteiger partial charge in [0.05, 0.1) is 30.4 Å². The lowest BCUT2D eigenvalue weighted by atomic mass is 10.0. The number of ether oxygens (including phenoxy) is 2. The standard InChI is InChI=1S/C19H16F3N3O4S/c1-28-16-8-7-12(9-17(16)29-2)30(26,27)25-18-10-15(23-11-24-18)13-5-3-4-6-14(13)19(20,21)22/h3-11H,1-2H3,(H,23,24,25). The molecule has 11 heteroatoms. The van der Waals surface area contributed by atoms with Gasteiger partial charge in [0.1, 0.15) is 12.1 Å². The lowest BCUT2D eigenvalue weighted by molar-refractivity contribution is -0.137. The summed E-state index contributed by atoms with van der Waals surface area (Å²) in [5.74, 6) is 0.346. The molecule has 2 aromatic carbocycles. The first kappa shape index (κ1) is 21.4. The van der Waals surface area contributed by atoms with Crippen LogP contribution in [0.3, 0.4) is 0 Å². The zero-order valence-electron chi connectivity index (χ0n) is 15.8. The smallest absolute Gasteiger partial charge is 0.417 e. The van der Waals surface area contributed by atoms with Crippen molar-refractivity contribution in [3.63, 3.8) is 0 Å². The quantitative estimate of drug-likeness (QED) is 0.625. The number of alkyl halides is 3. The molecule has 1 aromatic heterocycles. The Morgan fingerprint density at radius 1 is 0.933 bits per heavy atom. The van der Waals surface area contributed by atoms with Crippen LogP contribution >= 0.6 is 0 Å². The van der Waals surface area contributed by atoms with Crippen molar-refractivity contribution in [2.75, 3.05) is 18.9 Å². The highest BCUT2D eigenvalue weighted by atomic mass is 32.2. The molecule has 0 aliphatic heterocycles. The number of hydrogen-bond donors (Lipinski definition) is 1. The molecule has 0 bridgehead atoms. The Labute approximate surface area is 170 Å². The van der Waals surface area contributed by atoms with Gasteiger partial charge in [-0.25, -0.2) is 18.4 Å². The maximum absolute atomic E-state index is 13.3. The van der Waals surface area contributed by atoms with Gasteiger partial charge in [-0.2, -0.15) is 13.2 Å². The van der Waals surface area contributed by atoms with Gasteiger partial charge in [-0.1, -0.05) is 18.2 Å². The number of sulfonamides is 1. The predicted molar refractivity (Wildman–Crippen MR) is 103 cm³/mol. The van der Waals surface area contributed by atoms with Crippen molar-refractivity contribution < 1.29 is 31.1 Å². The van der Waals surface area contributed by atoms with Crippen LogP contribution in [0.4, 0.5) is 19.0 Å². The lowest BCUT2D eigenvalue weighted by Crippen LogP contribution is -2.14. The highest BCUT2D eigenvalue weighted by molar-refractivity contribution is 7.92. The summed E-state index contributed by atoms with van der Waals surface area (Å²) in [6, 6.07) is 9.95. The summed E-state index contributed by atoms with van der Waals surface area (Å²) in [7, 11) is -1.34.